The minimum atomic E-state index is 0.257. The second kappa shape index (κ2) is 7.07. The monoisotopic (exact) mass is 276 g/mol. The third kappa shape index (κ3) is 3.72. The van der Waals surface area contributed by atoms with E-state index in [4.69, 9.17) is 5.73 Å². The fraction of sp³-hybridized carbons (Fsp3) is 0.625. The number of hydrogen-bond acceptors (Lipinski definition) is 4. The maximum Gasteiger partial charge on any atom is 0.0445 e. The highest BCUT2D eigenvalue weighted by atomic mass is 15.1. The van der Waals surface area contributed by atoms with Gasteiger partial charge in [0.25, 0.3) is 0 Å². The molecule has 1 aromatic carbocycles. The Balaban J connectivity index is 2.06. The van der Waals surface area contributed by atoms with Gasteiger partial charge in [-0.3, -0.25) is 0 Å². The lowest BCUT2D eigenvalue weighted by atomic mass is 9.96. The van der Waals surface area contributed by atoms with Gasteiger partial charge in [0.2, 0.25) is 0 Å². The number of anilines is 1. The van der Waals surface area contributed by atoms with Crippen LogP contribution in [0.1, 0.15) is 23.6 Å². The molecule has 0 fully saturated rings. The Bertz CT molecular complexity index is 430. The number of aryl methyl sites for hydroxylation is 1. The van der Waals surface area contributed by atoms with Gasteiger partial charge in [-0.05, 0) is 44.1 Å². The highest BCUT2D eigenvalue weighted by Crippen LogP contribution is 2.28. The Hall–Kier alpha value is -1.10. The summed E-state index contributed by atoms with van der Waals surface area (Å²) in [5.74, 6) is 0. The number of nitrogens with two attached hydrogens (primary N) is 1. The largest absolute Gasteiger partial charge is 0.374 e. The fourth-order valence-corrected chi connectivity index (χ4v) is 2.82. The van der Waals surface area contributed by atoms with Crippen molar-refractivity contribution < 1.29 is 0 Å². The number of nitrogens with one attached hydrogen (secondary N) is 1. The molecule has 1 atom stereocenters. The van der Waals surface area contributed by atoms with Crippen molar-refractivity contribution >= 4 is 5.69 Å². The molecule has 20 heavy (non-hydrogen) atoms. The molecule has 112 valence electrons. The summed E-state index contributed by atoms with van der Waals surface area (Å²) in [7, 11) is 6.36. The first-order valence-corrected chi connectivity index (χ1v) is 7.54. The molecule has 0 radical (unpaired) electrons. The van der Waals surface area contributed by atoms with Crippen LogP contribution in [0.4, 0.5) is 5.69 Å². The lowest BCUT2D eigenvalue weighted by molar-refractivity contribution is 0.385. The van der Waals surface area contributed by atoms with Crippen molar-refractivity contribution in [2.45, 2.75) is 18.9 Å². The summed E-state index contributed by atoms with van der Waals surface area (Å²) >= 11 is 0. The van der Waals surface area contributed by atoms with Crippen LogP contribution in [0.5, 0.6) is 0 Å². The van der Waals surface area contributed by atoms with E-state index in [1.54, 1.807) is 0 Å². The predicted octanol–water partition coefficient (Wildman–Crippen LogP) is 1.22. The molecule has 1 aliphatic heterocycles. The molecule has 0 spiro atoms. The van der Waals surface area contributed by atoms with Crippen molar-refractivity contribution in [3.8, 4) is 0 Å². The van der Waals surface area contributed by atoms with Gasteiger partial charge in [-0.15, -0.1) is 0 Å². The first-order chi connectivity index (χ1) is 9.61. The average molecular weight is 276 g/mol. The molecule has 0 amide bonds. The normalized spacial score (nSPS) is 16.4. The topological polar surface area (TPSA) is 44.5 Å². The molecule has 1 unspecified atom stereocenters. The van der Waals surface area contributed by atoms with Crippen molar-refractivity contribution in [2.75, 3.05) is 52.2 Å². The van der Waals surface area contributed by atoms with Crippen molar-refractivity contribution in [3.63, 3.8) is 0 Å². The van der Waals surface area contributed by atoms with Crippen LogP contribution in [-0.2, 0) is 6.42 Å². The third-order valence-electron chi connectivity index (χ3n) is 4.04. The van der Waals surface area contributed by atoms with Crippen LogP contribution < -0.4 is 16.0 Å². The highest BCUT2D eigenvalue weighted by molar-refractivity contribution is 5.56. The zero-order valence-electron chi connectivity index (χ0n) is 13.0. The van der Waals surface area contributed by atoms with Gasteiger partial charge in [0.15, 0.2) is 0 Å². The Kier molecular flexibility index (Phi) is 5.40. The van der Waals surface area contributed by atoms with Crippen LogP contribution >= 0.6 is 0 Å². The number of nitrogens with zero attached hydrogens (tertiary/aromatic N) is 2. The van der Waals surface area contributed by atoms with Crippen LogP contribution in [0.25, 0.3) is 0 Å². The third-order valence-corrected chi connectivity index (χ3v) is 4.04. The number of hydrogen-bond donors (Lipinski definition) is 2. The van der Waals surface area contributed by atoms with Crippen LogP contribution in [0.2, 0.25) is 0 Å². The first kappa shape index (κ1) is 15.3. The van der Waals surface area contributed by atoms with E-state index in [-0.39, 0.29) is 6.04 Å². The van der Waals surface area contributed by atoms with Gasteiger partial charge in [0.1, 0.15) is 0 Å². The van der Waals surface area contributed by atoms with E-state index in [1.165, 1.54) is 29.7 Å². The molecule has 1 aliphatic rings. The Morgan fingerprint density at radius 1 is 1.40 bits per heavy atom. The van der Waals surface area contributed by atoms with Crippen molar-refractivity contribution in [1.82, 2.24) is 10.2 Å². The van der Waals surface area contributed by atoms with Gasteiger partial charge in [-0.1, -0.05) is 12.1 Å². The smallest absolute Gasteiger partial charge is 0.0445 e. The molecule has 0 aliphatic carbocycles. The molecule has 0 bridgehead atoms. The average Bonchev–Trinajstić information content (AvgIpc) is 2.43. The predicted molar refractivity (Wildman–Crippen MR) is 86.4 cm³/mol. The quantitative estimate of drug-likeness (QED) is 0.820. The molecule has 3 N–H and O–H groups in total. The summed E-state index contributed by atoms with van der Waals surface area (Å²) in [6.45, 7) is 3.80. The number of rotatable bonds is 6. The summed E-state index contributed by atoms with van der Waals surface area (Å²) in [5, 5.41) is 3.55. The van der Waals surface area contributed by atoms with Gasteiger partial charge in [-0.25, -0.2) is 0 Å². The summed E-state index contributed by atoms with van der Waals surface area (Å²) in [6.07, 6.45) is 2.43. The maximum atomic E-state index is 5.94. The van der Waals surface area contributed by atoms with Crippen molar-refractivity contribution in [1.29, 1.82) is 0 Å². The molecule has 4 heteroatoms. The molecule has 0 aromatic heterocycles. The molecule has 2 rings (SSSR count). The van der Waals surface area contributed by atoms with Gasteiger partial charge in [0, 0.05) is 45.0 Å². The molecule has 4 nitrogen and oxygen atoms in total. The zero-order chi connectivity index (χ0) is 14.5. The highest BCUT2D eigenvalue weighted by Gasteiger charge is 2.16. The minimum absolute atomic E-state index is 0.257. The van der Waals surface area contributed by atoms with Gasteiger partial charge >= 0.3 is 0 Å². The Morgan fingerprint density at radius 3 is 2.90 bits per heavy atom. The second-order valence-electron chi connectivity index (χ2n) is 5.96. The fourth-order valence-electron chi connectivity index (χ4n) is 2.82. The Morgan fingerprint density at radius 2 is 2.20 bits per heavy atom. The van der Waals surface area contributed by atoms with Crippen molar-refractivity contribution in [3.05, 3.63) is 29.3 Å². The van der Waals surface area contributed by atoms with Crippen molar-refractivity contribution in [2.24, 2.45) is 5.73 Å². The van der Waals surface area contributed by atoms with E-state index in [0.717, 1.165) is 19.6 Å². The lowest BCUT2D eigenvalue weighted by Crippen LogP contribution is -2.34. The molecular formula is C16H28N4. The van der Waals surface area contributed by atoms with E-state index < -0.39 is 0 Å². The SMILES string of the molecule is CN(C)CCNC(CN)c1ccc2c(c1)CCCN2C. The van der Waals surface area contributed by atoms with E-state index in [0.29, 0.717) is 6.54 Å². The van der Waals surface area contributed by atoms with E-state index in [9.17, 15) is 0 Å². The summed E-state index contributed by atoms with van der Waals surface area (Å²) in [4.78, 5) is 4.53. The van der Waals surface area contributed by atoms with E-state index >= 15 is 0 Å². The maximum absolute atomic E-state index is 5.94. The van der Waals surface area contributed by atoms with Gasteiger partial charge in [-0.2, -0.15) is 0 Å². The van der Waals surface area contributed by atoms with Crippen LogP contribution in [0, 0.1) is 0 Å². The molecule has 0 saturated heterocycles. The van der Waals surface area contributed by atoms with Gasteiger partial charge < -0.3 is 20.9 Å². The summed E-state index contributed by atoms with van der Waals surface area (Å²) < 4.78 is 0. The van der Waals surface area contributed by atoms with Crippen LogP contribution in [-0.4, -0.2) is 52.2 Å². The molecular weight excluding hydrogens is 248 g/mol. The summed E-state index contributed by atoms with van der Waals surface area (Å²) in [5.41, 5.74) is 10.1. The van der Waals surface area contributed by atoms with E-state index in [1.807, 2.05) is 0 Å². The van der Waals surface area contributed by atoms with Crippen LogP contribution in [0.15, 0.2) is 18.2 Å². The minimum Gasteiger partial charge on any atom is -0.374 e. The standard InChI is InChI=1S/C16H28N4/c1-19(2)10-8-18-15(12-17)13-6-7-16-14(11-13)5-4-9-20(16)3/h6-7,11,15,18H,4-5,8-10,12,17H2,1-3H3. The number of likely N-dealkylation sites (N-methyl/N-ethyl adjacent to an activating group) is 1. The van der Waals surface area contributed by atoms with Gasteiger partial charge in [0.05, 0.1) is 0 Å². The second-order valence-corrected chi connectivity index (χ2v) is 5.96. The van der Waals surface area contributed by atoms with Crippen LogP contribution in [0.3, 0.4) is 0 Å². The molecule has 0 saturated carbocycles. The summed E-state index contributed by atoms with van der Waals surface area (Å²) in [6, 6.07) is 7.07. The zero-order valence-corrected chi connectivity index (χ0v) is 13.0. The lowest BCUT2D eigenvalue weighted by Gasteiger charge is -2.29. The molecule has 1 heterocycles. The first-order valence-electron chi connectivity index (χ1n) is 7.54. The number of fused-ring (bicyclic) bond motifs is 1. The number of benzene rings is 1. The molecule has 1 aromatic rings. The Labute approximate surface area is 122 Å². The van der Waals surface area contributed by atoms with E-state index in [2.05, 4.69) is 54.5 Å².